The summed E-state index contributed by atoms with van der Waals surface area (Å²) in [5.74, 6) is 0.0952. The standard InChI is InChI=1S/C27H31N3O/c1-22(25-15-7-13-24-12-5-6-14-26(24)25)28-27(31)21-30-19-17-29(18-20-30)16-8-11-23-9-3-2-4-10-23/h2-15,22H,16-21H2,1H3,(H,28,31)/b11-8+. The second kappa shape index (κ2) is 10.4. The first-order valence-corrected chi connectivity index (χ1v) is 11.1. The van der Waals surface area contributed by atoms with Crippen LogP contribution in [0.25, 0.3) is 16.8 Å². The number of hydrogen-bond donors (Lipinski definition) is 1. The lowest BCUT2D eigenvalue weighted by Crippen LogP contribution is -2.49. The third-order valence-electron chi connectivity index (χ3n) is 5.97. The summed E-state index contributed by atoms with van der Waals surface area (Å²) in [5.41, 5.74) is 2.40. The van der Waals surface area contributed by atoms with Crippen LogP contribution in [0.3, 0.4) is 0 Å². The number of carbonyl (C=O) groups excluding carboxylic acids is 1. The van der Waals surface area contributed by atoms with E-state index in [1.54, 1.807) is 0 Å². The van der Waals surface area contributed by atoms with Gasteiger partial charge in [-0.3, -0.25) is 14.6 Å². The van der Waals surface area contributed by atoms with Crippen molar-refractivity contribution in [2.24, 2.45) is 0 Å². The number of nitrogens with one attached hydrogen (secondary N) is 1. The van der Waals surface area contributed by atoms with Crippen LogP contribution in [-0.4, -0.2) is 55.0 Å². The van der Waals surface area contributed by atoms with Gasteiger partial charge >= 0.3 is 0 Å². The molecule has 4 heteroatoms. The second-order valence-electron chi connectivity index (χ2n) is 8.25. The maximum Gasteiger partial charge on any atom is 0.234 e. The number of piperazine rings is 1. The van der Waals surface area contributed by atoms with Gasteiger partial charge in [-0.1, -0.05) is 84.9 Å². The van der Waals surface area contributed by atoms with Crippen molar-refractivity contribution in [1.29, 1.82) is 0 Å². The van der Waals surface area contributed by atoms with Gasteiger partial charge in [0.1, 0.15) is 0 Å². The van der Waals surface area contributed by atoms with Crippen molar-refractivity contribution >= 4 is 22.8 Å². The Bertz CT molecular complexity index is 1020. The van der Waals surface area contributed by atoms with Gasteiger partial charge in [0.25, 0.3) is 0 Å². The molecular formula is C27H31N3O. The van der Waals surface area contributed by atoms with Gasteiger partial charge in [-0.15, -0.1) is 0 Å². The largest absolute Gasteiger partial charge is 0.348 e. The van der Waals surface area contributed by atoms with E-state index in [0.717, 1.165) is 32.7 Å². The molecule has 1 aliphatic heterocycles. The van der Waals surface area contributed by atoms with E-state index >= 15 is 0 Å². The molecule has 0 spiro atoms. The number of carbonyl (C=O) groups is 1. The smallest absolute Gasteiger partial charge is 0.234 e. The summed E-state index contributed by atoms with van der Waals surface area (Å²) in [4.78, 5) is 17.4. The molecular weight excluding hydrogens is 382 g/mol. The molecule has 1 aliphatic rings. The van der Waals surface area contributed by atoms with E-state index in [0.29, 0.717) is 6.54 Å². The topological polar surface area (TPSA) is 35.6 Å². The molecule has 1 fully saturated rings. The Labute approximate surface area is 185 Å². The number of fused-ring (bicyclic) bond motifs is 1. The third-order valence-corrected chi connectivity index (χ3v) is 5.97. The molecule has 4 nitrogen and oxygen atoms in total. The van der Waals surface area contributed by atoms with Crippen LogP contribution in [0.15, 0.2) is 78.9 Å². The minimum Gasteiger partial charge on any atom is -0.348 e. The molecule has 0 radical (unpaired) electrons. The van der Waals surface area contributed by atoms with Crippen LogP contribution < -0.4 is 5.32 Å². The van der Waals surface area contributed by atoms with Crippen LogP contribution >= 0.6 is 0 Å². The number of amides is 1. The van der Waals surface area contributed by atoms with Crippen molar-refractivity contribution in [2.75, 3.05) is 39.3 Å². The summed E-state index contributed by atoms with van der Waals surface area (Å²) in [6.45, 7) is 7.31. The Kier molecular flexibility index (Phi) is 7.13. The summed E-state index contributed by atoms with van der Waals surface area (Å²) in [7, 11) is 0. The molecule has 31 heavy (non-hydrogen) atoms. The Morgan fingerprint density at radius 2 is 1.58 bits per heavy atom. The summed E-state index contributed by atoms with van der Waals surface area (Å²) in [6, 6.07) is 25.0. The third kappa shape index (κ3) is 5.81. The molecule has 1 unspecified atom stereocenters. The molecule has 1 atom stereocenters. The second-order valence-corrected chi connectivity index (χ2v) is 8.25. The Balaban J connectivity index is 1.23. The van der Waals surface area contributed by atoms with Crippen molar-refractivity contribution in [3.63, 3.8) is 0 Å². The van der Waals surface area contributed by atoms with E-state index in [-0.39, 0.29) is 11.9 Å². The first-order valence-electron chi connectivity index (χ1n) is 11.1. The van der Waals surface area contributed by atoms with Gasteiger partial charge in [0, 0.05) is 32.7 Å². The van der Waals surface area contributed by atoms with Gasteiger partial charge in [0.2, 0.25) is 5.91 Å². The van der Waals surface area contributed by atoms with Crippen molar-refractivity contribution in [2.45, 2.75) is 13.0 Å². The molecule has 0 aliphatic carbocycles. The molecule has 1 amide bonds. The summed E-state index contributed by atoms with van der Waals surface area (Å²) >= 11 is 0. The average Bonchev–Trinajstić information content (AvgIpc) is 2.80. The van der Waals surface area contributed by atoms with E-state index in [9.17, 15) is 4.79 Å². The lowest BCUT2D eigenvalue weighted by Gasteiger charge is -2.33. The molecule has 1 saturated heterocycles. The molecule has 1 N–H and O–H groups in total. The summed E-state index contributed by atoms with van der Waals surface area (Å²) < 4.78 is 0. The highest BCUT2D eigenvalue weighted by Crippen LogP contribution is 2.24. The molecule has 3 aromatic carbocycles. The SMILES string of the molecule is CC(NC(=O)CN1CCN(C/C=C/c2ccccc2)CC1)c1cccc2ccccc12. The normalized spacial score (nSPS) is 16.5. The number of rotatable bonds is 7. The summed E-state index contributed by atoms with van der Waals surface area (Å²) in [5, 5.41) is 5.60. The van der Waals surface area contributed by atoms with Crippen LogP contribution in [0.5, 0.6) is 0 Å². The highest BCUT2D eigenvalue weighted by molar-refractivity contribution is 5.87. The number of benzene rings is 3. The van der Waals surface area contributed by atoms with Gasteiger partial charge in [-0.2, -0.15) is 0 Å². The molecule has 0 saturated carbocycles. The fourth-order valence-electron chi connectivity index (χ4n) is 4.23. The number of hydrogen-bond acceptors (Lipinski definition) is 3. The Morgan fingerprint density at radius 1 is 0.903 bits per heavy atom. The Hall–Kier alpha value is -2.95. The predicted molar refractivity (Wildman–Crippen MR) is 129 cm³/mol. The lowest BCUT2D eigenvalue weighted by atomic mass is 10.00. The van der Waals surface area contributed by atoms with Gasteiger partial charge in [0.05, 0.1) is 12.6 Å². The van der Waals surface area contributed by atoms with Gasteiger partial charge in [-0.25, -0.2) is 0 Å². The molecule has 3 aromatic rings. The maximum atomic E-state index is 12.7. The van der Waals surface area contributed by atoms with Crippen molar-refractivity contribution in [3.8, 4) is 0 Å². The van der Waals surface area contributed by atoms with Crippen LogP contribution in [0, 0.1) is 0 Å². The van der Waals surface area contributed by atoms with Crippen LogP contribution in [-0.2, 0) is 4.79 Å². The molecule has 1 heterocycles. The monoisotopic (exact) mass is 413 g/mol. The fourth-order valence-corrected chi connectivity index (χ4v) is 4.23. The molecule has 0 bridgehead atoms. The van der Waals surface area contributed by atoms with Gasteiger partial charge in [-0.05, 0) is 28.8 Å². The minimum absolute atomic E-state index is 0.0111. The highest BCUT2D eigenvalue weighted by Gasteiger charge is 2.19. The van der Waals surface area contributed by atoms with Crippen molar-refractivity contribution in [1.82, 2.24) is 15.1 Å². The van der Waals surface area contributed by atoms with Crippen LogP contribution in [0.2, 0.25) is 0 Å². The van der Waals surface area contributed by atoms with E-state index < -0.39 is 0 Å². The summed E-state index contributed by atoms with van der Waals surface area (Å²) in [6.07, 6.45) is 4.40. The van der Waals surface area contributed by atoms with Gasteiger partial charge in [0.15, 0.2) is 0 Å². The average molecular weight is 414 g/mol. The quantitative estimate of drug-likeness (QED) is 0.626. The lowest BCUT2D eigenvalue weighted by molar-refractivity contribution is -0.123. The first kappa shape index (κ1) is 21.3. The molecule has 4 rings (SSSR count). The zero-order valence-electron chi connectivity index (χ0n) is 18.2. The van der Waals surface area contributed by atoms with E-state index in [1.165, 1.54) is 21.9 Å². The minimum atomic E-state index is -0.0111. The maximum absolute atomic E-state index is 12.7. The first-order chi connectivity index (χ1) is 15.2. The van der Waals surface area contributed by atoms with E-state index in [1.807, 2.05) is 12.1 Å². The fraction of sp³-hybridized carbons (Fsp3) is 0.296. The Morgan fingerprint density at radius 3 is 2.39 bits per heavy atom. The van der Waals surface area contributed by atoms with E-state index in [2.05, 4.69) is 94.9 Å². The predicted octanol–water partition coefficient (Wildman–Crippen LogP) is 4.35. The zero-order valence-corrected chi connectivity index (χ0v) is 18.2. The van der Waals surface area contributed by atoms with Gasteiger partial charge < -0.3 is 5.32 Å². The van der Waals surface area contributed by atoms with Crippen LogP contribution in [0.1, 0.15) is 24.1 Å². The van der Waals surface area contributed by atoms with Crippen molar-refractivity contribution in [3.05, 3.63) is 90.0 Å². The van der Waals surface area contributed by atoms with Crippen LogP contribution in [0.4, 0.5) is 0 Å². The van der Waals surface area contributed by atoms with E-state index in [4.69, 9.17) is 0 Å². The zero-order chi connectivity index (χ0) is 21.5. The highest BCUT2D eigenvalue weighted by atomic mass is 16.2. The van der Waals surface area contributed by atoms with Crippen molar-refractivity contribution < 1.29 is 4.79 Å². The number of nitrogens with zero attached hydrogens (tertiary/aromatic N) is 2. The molecule has 160 valence electrons. The molecule has 0 aromatic heterocycles.